The number of hydrogen-bond donors (Lipinski definition) is 0. The Balaban J connectivity index is 2.08. The van der Waals surface area contributed by atoms with Gasteiger partial charge >= 0.3 is 0 Å². The summed E-state index contributed by atoms with van der Waals surface area (Å²) < 4.78 is 5.82. The minimum Gasteiger partial charge on any atom is -0.464 e. The van der Waals surface area contributed by atoms with E-state index in [1.165, 1.54) is 33.4 Å². The van der Waals surface area contributed by atoms with Crippen molar-refractivity contribution in [2.75, 3.05) is 0 Å². The normalized spacial score (nSPS) is 14.3. The van der Waals surface area contributed by atoms with E-state index in [9.17, 15) is 0 Å². The van der Waals surface area contributed by atoms with E-state index >= 15 is 0 Å². The van der Waals surface area contributed by atoms with Crippen LogP contribution in [0.1, 0.15) is 54.3 Å². The highest BCUT2D eigenvalue weighted by molar-refractivity contribution is 5.89. The molecule has 1 nitrogen and oxygen atoms in total. The lowest BCUT2D eigenvalue weighted by Crippen LogP contribution is -2.12. The van der Waals surface area contributed by atoms with Crippen LogP contribution >= 0.6 is 0 Å². The molecule has 20 heavy (non-hydrogen) atoms. The van der Waals surface area contributed by atoms with Crippen LogP contribution in [0, 0.1) is 13.8 Å². The van der Waals surface area contributed by atoms with Gasteiger partial charge in [-0.2, -0.15) is 0 Å². The van der Waals surface area contributed by atoms with Gasteiger partial charge in [0.1, 0.15) is 5.76 Å². The molecule has 0 spiro atoms. The molecule has 0 bridgehead atoms. The molecule has 104 valence electrons. The molecule has 3 rings (SSSR count). The molecule has 0 radical (unpaired) electrons. The summed E-state index contributed by atoms with van der Waals surface area (Å²) in [7, 11) is 0. The number of rotatable bonds is 1. The van der Waals surface area contributed by atoms with Gasteiger partial charge in [0.2, 0.25) is 0 Å². The molecule has 1 aromatic carbocycles. The number of allylic oxidation sites excluding steroid dienone is 1. The first kappa shape index (κ1) is 13.2. The van der Waals surface area contributed by atoms with Crippen molar-refractivity contribution >= 4 is 11.6 Å². The van der Waals surface area contributed by atoms with E-state index in [1.807, 2.05) is 6.26 Å². The predicted octanol–water partition coefficient (Wildman–Crippen LogP) is 5.29. The molecule has 0 unspecified atom stereocenters. The SMILES string of the molecule is Cc1ccc(C)c2c1C=C(c1occc1C(C)(C)C)C2. The van der Waals surface area contributed by atoms with Crippen molar-refractivity contribution in [3.8, 4) is 0 Å². The van der Waals surface area contributed by atoms with E-state index in [4.69, 9.17) is 4.42 Å². The van der Waals surface area contributed by atoms with E-state index in [0.29, 0.717) is 0 Å². The largest absolute Gasteiger partial charge is 0.464 e. The van der Waals surface area contributed by atoms with E-state index in [1.54, 1.807) is 0 Å². The summed E-state index contributed by atoms with van der Waals surface area (Å²) in [5.41, 5.74) is 8.29. The summed E-state index contributed by atoms with van der Waals surface area (Å²) in [6.07, 6.45) is 5.12. The molecule has 0 aliphatic heterocycles. The van der Waals surface area contributed by atoms with Gasteiger partial charge in [-0.15, -0.1) is 0 Å². The Bertz CT molecular complexity index is 693. The number of benzene rings is 1. The Hall–Kier alpha value is -1.76. The molecule has 1 heterocycles. The molecule has 0 saturated carbocycles. The Labute approximate surface area is 121 Å². The second-order valence-corrected chi connectivity index (χ2v) is 6.85. The van der Waals surface area contributed by atoms with Crippen LogP contribution in [0.3, 0.4) is 0 Å². The molecule has 1 aliphatic rings. The monoisotopic (exact) mass is 266 g/mol. The third-order valence-electron chi connectivity index (χ3n) is 4.26. The summed E-state index contributed by atoms with van der Waals surface area (Å²) in [6.45, 7) is 11.1. The van der Waals surface area contributed by atoms with Crippen LogP contribution < -0.4 is 0 Å². The van der Waals surface area contributed by atoms with Crippen LogP contribution in [0.5, 0.6) is 0 Å². The first-order valence-corrected chi connectivity index (χ1v) is 7.26. The summed E-state index contributed by atoms with van der Waals surface area (Å²) in [4.78, 5) is 0. The molecule has 0 fully saturated rings. The first-order chi connectivity index (χ1) is 9.38. The molecule has 2 aromatic rings. The van der Waals surface area contributed by atoms with Crippen molar-refractivity contribution < 1.29 is 4.42 Å². The topological polar surface area (TPSA) is 13.1 Å². The Morgan fingerprint density at radius 3 is 2.35 bits per heavy atom. The van der Waals surface area contributed by atoms with Crippen molar-refractivity contribution in [3.63, 3.8) is 0 Å². The standard InChI is InChI=1S/C19H22O/c1-12-6-7-13(2)16-11-14(10-15(12)16)18-17(8-9-20-18)19(3,4)5/h6-10H,11H2,1-5H3. The fourth-order valence-corrected chi connectivity index (χ4v) is 3.04. The number of furan rings is 1. The molecular formula is C19H22O. The highest BCUT2D eigenvalue weighted by Crippen LogP contribution is 2.39. The average Bonchev–Trinajstić information content (AvgIpc) is 2.98. The molecule has 0 saturated heterocycles. The Morgan fingerprint density at radius 1 is 1.00 bits per heavy atom. The third kappa shape index (κ3) is 2.02. The molecule has 0 N–H and O–H groups in total. The average molecular weight is 266 g/mol. The van der Waals surface area contributed by atoms with Gasteiger partial charge in [0.25, 0.3) is 0 Å². The van der Waals surface area contributed by atoms with Crippen molar-refractivity contribution in [1.82, 2.24) is 0 Å². The smallest absolute Gasteiger partial charge is 0.133 e. The maximum atomic E-state index is 5.82. The molecule has 1 aromatic heterocycles. The van der Waals surface area contributed by atoms with Crippen LogP contribution in [-0.4, -0.2) is 0 Å². The van der Waals surface area contributed by atoms with Crippen molar-refractivity contribution in [2.45, 2.75) is 46.5 Å². The summed E-state index contributed by atoms with van der Waals surface area (Å²) in [6, 6.07) is 6.54. The van der Waals surface area contributed by atoms with Gasteiger partial charge in [0.15, 0.2) is 0 Å². The van der Waals surface area contributed by atoms with Crippen LogP contribution in [0.4, 0.5) is 0 Å². The fraction of sp³-hybridized carbons (Fsp3) is 0.368. The summed E-state index contributed by atoms with van der Waals surface area (Å²) in [5.74, 6) is 1.06. The van der Waals surface area contributed by atoms with Crippen LogP contribution in [-0.2, 0) is 11.8 Å². The van der Waals surface area contributed by atoms with Gasteiger partial charge < -0.3 is 4.42 Å². The molecule has 0 atom stereocenters. The van der Waals surface area contributed by atoms with Crippen LogP contribution in [0.15, 0.2) is 28.9 Å². The second-order valence-electron chi connectivity index (χ2n) is 6.85. The number of fused-ring (bicyclic) bond motifs is 1. The maximum Gasteiger partial charge on any atom is 0.133 e. The number of hydrogen-bond acceptors (Lipinski definition) is 1. The van der Waals surface area contributed by atoms with E-state index in [-0.39, 0.29) is 5.41 Å². The molecule has 1 heteroatoms. The van der Waals surface area contributed by atoms with Gasteiger partial charge in [-0.3, -0.25) is 0 Å². The quantitative estimate of drug-likeness (QED) is 0.683. The van der Waals surface area contributed by atoms with Gasteiger partial charge in [0, 0.05) is 17.6 Å². The second kappa shape index (κ2) is 4.37. The zero-order chi connectivity index (χ0) is 14.5. The van der Waals surface area contributed by atoms with Crippen molar-refractivity contribution in [3.05, 3.63) is 58.0 Å². The lowest BCUT2D eigenvalue weighted by atomic mass is 9.85. The molecule has 0 amide bonds. The van der Waals surface area contributed by atoms with E-state index < -0.39 is 0 Å². The minimum atomic E-state index is 0.113. The lowest BCUT2D eigenvalue weighted by Gasteiger charge is -2.18. The van der Waals surface area contributed by atoms with E-state index in [2.05, 4.69) is 58.9 Å². The Morgan fingerprint density at radius 2 is 1.70 bits per heavy atom. The highest BCUT2D eigenvalue weighted by Gasteiger charge is 2.26. The minimum absolute atomic E-state index is 0.113. The summed E-state index contributed by atoms with van der Waals surface area (Å²) >= 11 is 0. The van der Waals surface area contributed by atoms with Crippen LogP contribution in [0.25, 0.3) is 11.6 Å². The predicted molar refractivity (Wildman–Crippen MR) is 84.9 cm³/mol. The van der Waals surface area contributed by atoms with Gasteiger partial charge in [-0.1, -0.05) is 32.9 Å². The van der Waals surface area contributed by atoms with Gasteiger partial charge in [-0.25, -0.2) is 0 Å². The fourth-order valence-electron chi connectivity index (χ4n) is 3.04. The zero-order valence-electron chi connectivity index (χ0n) is 13.0. The third-order valence-corrected chi connectivity index (χ3v) is 4.26. The van der Waals surface area contributed by atoms with E-state index in [0.717, 1.165) is 12.2 Å². The summed E-state index contributed by atoms with van der Waals surface area (Å²) in [5, 5.41) is 0. The Kier molecular flexibility index (Phi) is 2.89. The maximum absolute atomic E-state index is 5.82. The van der Waals surface area contributed by atoms with Crippen LogP contribution in [0.2, 0.25) is 0 Å². The van der Waals surface area contributed by atoms with Crippen molar-refractivity contribution in [2.24, 2.45) is 0 Å². The molecular weight excluding hydrogens is 244 g/mol. The lowest BCUT2D eigenvalue weighted by molar-refractivity contribution is 0.523. The molecule has 1 aliphatic carbocycles. The van der Waals surface area contributed by atoms with Gasteiger partial charge in [0.05, 0.1) is 6.26 Å². The zero-order valence-corrected chi connectivity index (χ0v) is 13.0. The number of aryl methyl sites for hydroxylation is 2. The van der Waals surface area contributed by atoms with Gasteiger partial charge in [-0.05, 0) is 53.7 Å². The highest BCUT2D eigenvalue weighted by atomic mass is 16.3. The first-order valence-electron chi connectivity index (χ1n) is 7.26. The van der Waals surface area contributed by atoms with Crippen molar-refractivity contribution in [1.29, 1.82) is 0 Å².